The Kier molecular flexibility index (Phi) is 7.61. The van der Waals surface area contributed by atoms with Crippen molar-refractivity contribution in [2.75, 3.05) is 0 Å². The first-order valence-corrected chi connectivity index (χ1v) is 9.22. The van der Waals surface area contributed by atoms with Crippen molar-refractivity contribution in [3.05, 3.63) is 89.0 Å². The van der Waals surface area contributed by atoms with Gasteiger partial charge in [-0.05, 0) is 24.3 Å². The van der Waals surface area contributed by atoms with Crippen LogP contribution in [0.5, 0.6) is 5.75 Å². The predicted molar refractivity (Wildman–Crippen MR) is 112 cm³/mol. The van der Waals surface area contributed by atoms with Crippen LogP contribution in [0, 0.1) is 49.4 Å². The number of ketones is 1. The van der Waals surface area contributed by atoms with E-state index in [1.807, 2.05) is 12.1 Å². The van der Waals surface area contributed by atoms with Crippen LogP contribution in [0.1, 0.15) is 10.4 Å². The third-order valence-electron chi connectivity index (χ3n) is 4.61. The van der Waals surface area contributed by atoms with Crippen LogP contribution in [-0.2, 0) is 0 Å². The molecule has 0 saturated heterocycles. The second-order valence-electron chi connectivity index (χ2n) is 6.65. The van der Waals surface area contributed by atoms with Gasteiger partial charge >= 0.3 is 11.8 Å². The normalized spacial score (nSPS) is 11.0. The zero-order chi connectivity index (χ0) is 22.9. The smallest absolute Gasteiger partial charge is 0.455 e. The Balaban J connectivity index is 0.000000185. The number of fused-ring (bicyclic) bond motifs is 4. The molecule has 2 aromatic carbocycles. The molecule has 0 aliphatic heterocycles. The third kappa shape index (κ3) is 5.13. The van der Waals surface area contributed by atoms with Gasteiger partial charge in [0, 0.05) is 72.5 Å². The summed E-state index contributed by atoms with van der Waals surface area (Å²) < 4.78 is 41.3. The van der Waals surface area contributed by atoms with E-state index in [1.165, 1.54) is 24.3 Å². The minimum absolute atomic E-state index is 0. The van der Waals surface area contributed by atoms with Gasteiger partial charge in [0.1, 0.15) is 11.3 Å². The number of para-hydroxylation sites is 1. The molecule has 0 aliphatic carbocycles. The van der Waals surface area contributed by atoms with Crippen molar-refractivity contribution in [3.63, 3.8) is 0 Å². The first kappa shape index (κ1) is 24.9. The minimum Gasteiger partial charge on any atom is -0.506 e. The molecular weight excluding hydrogens is 577 g/mol. The van der Waals surface area contributed by atoms with E-state index in [4.69, 9.17) is 0 Å². The Morgan fingerprint density at radius 3 is 1.94 bits per heavy atom. The molecule has 0 saturated carbocycles. The Labute approximate surface area is 224 Å². The average Bonchev–Trinajstić information content (AvgIpc) is 2.79. The van der Waals surface area contributed by atoms with Gasteiger partial charge in [0.05, 0.1) is 16.4 Å². The number of hydrogen-bond acceptors (Lipinski definition) is 6. The second-order valence-corrected chi connectivity index (χ2v) is 6.65. The molecule has 0 atom stereocenters. The van der Waals surface area contributed by atoms with Crippen molar-refractivity contribution >= 4 is 38.6 Å². The minimum atomic E-state index is -5.26. The number of rotatable bonds is 1. The van der Waals surface area contributed by atoms with Crippen LogP contribution < -0.4 is 5.63 Å². The number of carbonyl (C=O) groups is 1. The first-order chi connectivity index (χ1) is 15.3. The summed E-state index contributed by atoms with van der Waals surface area (Å²) in [5.74, 6) is -3.45. The third-order valence-corrected chi connectivity index (χ3v) is 4.61. The van der Waals surface area contributed by atoms with Crippen molar-refractivity contribution in [2.45, 2.75) is 6.18 Å². The second kappa shape index (κ2) is 10.1. The van der Waals surface area contributed by atoms with Crippen LogP contribution in [0.25, 0.3) is 32.8 Å². The zero-order valence-corrected chi connectivity index (χ0v) is 18.9. The molecule has 1 N–H and O–H groups in total. The van der Waals surface area contributed by atoms with Gasteiger partial charge in [0.25, 0.3) is 5.78 Å². The van der Waals surface area contributed by atoms with E-state index >= 15 is 0 Å². The van der Waals surface area contributed by atoms with E-state index in [9.17, 15) is 27.9 Å². The van der Waals surface area contributed by atoms with Crippen molar-refractivity contribution in [1.82, 2.24) is 9.97 Å². The monoisotopic (exact) mass is 591 g/mol. The van der Waals surface area contributed by atoms with E-state index in [-0.39, 0.29) is 60.3 Å². The summed E-state index contributed by atoms with van der Waals surface area (Å²) in [6.45, 7) is 0. The van der Waals surface area contributed by atoms with Crippen LogP contribution in [0.3, 0.4) is 0 Å². The molecule has 1 radical (unpaired) electrons. The van der Waals surface area contributed by atoms with Crippen LogP contribution >= 0.6 is 0 Å². The molecule has 0 bridgehead atoms. The van der Waals surface area contributed by atoms with E-state index < -0.39 is 28.9 Å². The number of halogens is 3. The quantitative estimate of drug-likeness (QED) is 0.167. The summed E-state index contributed by atoms with van der Waals surface area (Å²) in [4.78, 5) is 31.0. The summed E-state index contributed by atoms with van der Waals surface area (Å²) in [6.07, 6.45) is -1.65. The van der Waals surface area contributed by atoms with Gasteiger partial charge in [0.2, 0.25) is 0 Å². The molecule has 167 valence electrons. The van der Waals surface area contributed by atoms with E-state index in [1.54, 1.807) is 12.4 Å². The van der Waals surface area contributed by atoms with Gasteiger partial charge in [-0.3, -0.25) is 14.8 Å². The summed E-state index contributed by atoms with van der Waals surface area (Å²) in [5, 5.41) is 11.7. The fourth-order valence-electron chi connectivity index (χ4n) is 3.16. The van der Waals surface area contributed by atoms with Crippen molar-refractivity contribution < 1.29 is 76.9 Å². The van der Waals surface area contributed by atoms with Crippen LogP contribution in [0.2, 0.25) is 0 Å². The Hall–Kier alpha value is -2.69. The topological polar surface area (TPSA) is 93.3 Å². The maximum atomic E-state index is 12.3. The SMILES string of the molecule is O=C(c1c(O)c2ccccc2oc1=O)C(F)(F)F.[Eu].c1cnc2c(c1)ccc1cccnc12. The molecule has 0 amide bonds. The summed E-state index contributed by atoms with van der Waals surface area (Å²) in [6, 6.07) is 17.6. The van der Waals surface area contributed by atoms with Gasteiger partial charge in [0.15, 0.2) is 5.56 Å². The first-order valence-electron chi connectivity index (χ1n) is 9.22. The predicted octanol–water partition coefficient (Wildman–Crippen LogP) is 5.03. The molecule has 33 heavy (non-hydrogen) atoms. The molecule has 0 spiro atoms. The van der Waals surface area contributed by atoms with Gasteiger partial charge < -0.3 is 9.52 Å². The number of aromatic nitrogens is 2. The average molecular weight is 590 g/mol. The van der Waals surface area contributed by atoms with Crippen LogP contribution in [0.4, 0.5) is 13.2 Å². The van der Waals surface area contributed by atoms with Gasteiger partial charge in [-0.25, -0.2) is 4.79 Å². The molecule has 5 aromatic rings. The number of Topliss-reactive ketones (excluding diaryl/α,β-unsaturated/α-hetero) is 1. The summed E-state index contributed by atoms with van der Waals surface area (Å²) >= 11 is 0. The Bertz CT molecular complexity index is 1480. The fraction of sp³-hybridized carbons (Fsp3) is 0.0435. The van der Waals surface area contributed by atoms with Crippen LogP contribution in [0.15, 0.2) is 82.3 Å². The molecule has 0 fully saturated rings. The zero-order valence-electron chi connectivity index (χ0n) is 16.5. The maximum Gasteiger partial charge on any atom is 0.455 e. The van der Waals surface area contributed by atoms with E-state index in [2.05, 4.69) is 38.7 Å². The molecule has 5 rings (SSSR count). The van der Waals surface area contributed by atoms with E-state index in [0.717, 1.165) is 21.8 Å². The number of aromatic hydroxyl groups is 1. The number of hydrogen-bond donors (Lipinski definition) is 1. The summed E-state index contributed by atoms with van der Waals surface area (Å²) in [7, 11) is 0. The molecule has 10 heteroatoms. The number of pyridine rings is 2. The number of alkyl halides is 3. The van der Waals surface area contributed by atoms with Crippen molar-refractivity contribution in [3.8, 4) is 5.75 Å². The van der Waals surface area contributed by atoms with Gasteiger partial charge in [-0.2, -0.15) is 13.2 Å². The molecule has 3 heterocycles. The van der Waals surface area contributed by atoms with E-state index in [0.29, 0.717) is 0 Å². The Morgan fingerprint density at radius 1 is 0.848 bits per heavy atom. The summed E-state index contributed by atoms with van der Waals surface area (Å²) in [5.41, 5.74) is -1.07. The maximum absolute atomic E-state index is 12.3. The number of nitrogens with zero attached hydrogens (tertiary/aromatic N) is 2. The molecule has 0 aliphatic rings. The fourth-order valence-corrected chi connectivity index (χ4v) is 3.16. The standard InChI is InChI=1S/C12H8N2.C11H5F3O4.Eu/c1-3-9-5-6-10-4-2-8-14-12(10)11(9)13-7-1;12-11(13,14)9(16)7-8(15)5-3-1-2-4-6(5)18-10(7)17;/h1-8H;1-4,15H;. The number of benzene rings is 2. The van der Waals surface area contributed by atoms with Crippen molar-refractivity contribution in [1.29, 1.82) is 0 Å². The molecule has 0 unspecified atom stereocenters. The largest absolute Gasteiger partial charge is 0.506 e. The van der Waals surface area contributed by atoms with Gasteiger partial charge in [-0.1, -0.05) is 36.4 Å². The molecule has 3 aromatic heterocycles. The van der Waals surface area contributed by atoms with Gasteiger partial charge in [-0.15, -0.1) is 0 Å². The molecule has 6 nitrogen and oxygen atoms in total. The van der Waals surface area contributed by atoms with Crippen LogP contribution in [-0.4, -0.2) is 27.0 Å². The molecular formula is C23H13EuF3N2O4. The van der Waals surface area contributed by atoms with Crippen molar-refractivity contribution in [2.24, 2.45) is 0 Å². The number of carbonyl (C=O) groups excluding carboxylic acids is 1. The Morgan fingerprint density at radius 2 is 1.39 bits per heavy atom.